The lowest BCUT2D eigenvalue weighted by atomic mass is 10.5. The number of carbonyl (C=O) groups is 2. The van der Waals surface area contributed by atoms with E-state index >= 15 is 0 Å². The highest BCUT2D eigenvalue weighted by molar-refractivity contribution is 5.81. The van der Waals surface area contributed by atoms with E-state index in [1.54, 1.807) is 0 Å². The summed E-state index contributed by atoms with van der Waals surface area (Å²) in [5, 5.41) is 8.13. The summed E-state index contributed by atoms with van der Waals surface area (Å²) in [6, 6.07) is 0. The van der Waals surface area contributed by atoms with E-state index in [9.17, 15) is 9.59 Å². The van der Waals surface area contributed by atoms with Crippen LogP contribution < -0.4 is 16.0 Å². The largest absolute Gasteiger partial charge is 0.377 e. The Labute approximate surface area is 118 Å². The zero-order chi connectivity index (χ0) is 14.5. The highest BCUT2D eigenvalue weighted by Gasteiger charge is 2.04. The van der Waals surface area contributed by atoms with E-state index in [1.165, 1.54) is 0 Å². The fourth-order valence-electron chi connectivity index (χ4n) is 1.48. The van der Waals surface area contributed by atoms with Crippen molar-refractivity contribution in [1.29, 1.82) is 0 Å². The molecule has 0 spiro atoms. The van der Waals surface area contributed by atoms with Crippen molar-refractivity contribution in [2.45, 2.75) is 0 Å². The van der Waals surface area contributed by atoms with Gasteiger partial charge in [0.1, 0.15) is 0 Å². The normalized spacial score (nSPS) is 22.2. The van der Waals surface area contributed by atoms with Gasteiger partial charge in [0.2, 0.25) is 11.8 Å². The monoisotopic (exact) mass is 289 g/mol. The lowest BCUT2D eigenvalue weighted by Gasteiger charge is -2.10. The maximum Gasteiger partial charge on any atom is 0.234 e. The summed E-state index contributed by atoms with van der Waals surface area (Å²) >= 11 is 0. The topological polar surface area (TPSA) is 97.9 Å². The summed E-state index contributed by atoms with van der Waals surface area (Å²) in [6.07, 6.45) is 0. The molecule has 8 heteroatoms. The van der Waals surface area contributed by atoms with Crippen LogP contribution in [0.2, 0.25) is 0 Å². The zero-order valence-corrected chi connectivity index (χ0v) is 11.6. The summed E-state index contributed by atoms with van der Waals surface area (Å²) in [5.74, 6) is -0.329. The van der Waals surface area contributed by atoms with Gasteiger partial charge in [0.15, 0.2) is 0 Å². The van der Waals surface area contributed by atoms with Crippen molar-refractivity contribution in [2.24, 2.45) is 0 Å². The summed E-state index contributed by atoms with van der Waals surface area (Å²) in [7, 11) is 0. The smallest absolute Gasteiger partial charge is 0.234 e. The van der Waals surface area contributed by atoms with Crippen molar-refractivity contribution < 1.29 is 23.8 Å². The first kappa shape index (κ1) is 16.8. The first-order valence-corrected chi connectivity index (χ1v) is 6.76. The predicted octanol–water partition coefficient (Wildman–Crippen LogP) is -2.13. The molecule has 1 saturated heterocycles. The molecule has 3 N–H and O–H groups in total. The van der Waals surface area contributed by atoms with Crippen LogP contribution >= 0.6 is 0 Å². The third-order valence-electron chi connectivity index (χ3n) is 2.45. The van der Waals surface area contributed by atoms with Gasteiger partial charge >= 0.3 is 0 Å². The van der Waals surface area contributed by atoms with Gasteiger partial charge in [-0.25, -0.2) is 0 Å². The molecule has 0 atom stereocenters. The van der Waals surface area contributed by atoms with Crippen LogP contribution in [0.5, 0.6) is 0 Å². The molecule has 0 aromatic heterocycles. The molecular formula is C12H23N3O5. The minimum Gasteiger partial charge on any atom is -0.377 e. The molecule has 0 bridgehead atoms. The molecule has 0 saturated carbocycles. The number of carbonyl (C=O) groups excluding carboxylic acids is 2. The number of nitrogens with one attached hydrogen (secondary N) is 3. The third kappa shape index (κ3) is 9.68. The number of hydrogen-bond donors (Lipinski definition) is 3. The Bertz CT molecular complexity index is 262. The molecular weight excluding hydrogens is 266 g/mol. The number of rotatable bonds is 0. The van der Waals surface area contributed by atoms with Gasteiger partial charge in [0.05, 0.1) is 52.7 Å². The van der Waals surface area contributed by atoms with E-state index in [2.05, 4.69) is 16.0 Å². The number of ether oxygens (including phenoxy) is 3. The van der Waals surface area contributed by atoms with Gasteiger partial charge in [0, 0.05) is 13.1 Å². The number of amides is 2. The average Bonchev–Trinajstić information content (AvgIpc) is 2.43. The fraction of sp³-hybridized carbons (Fsp3) is 0.833. The third-order valence-corrected chi connectivity index (χ3v) is 2.45. The van der Waals surface area contributed by atoms with Crippen molar-refractivity contribution in [3.8, 4) is 0 Å². The van der Waals surface area contributed by atoms with Crippen LogP contribution in [0.4, 0.5) is 0 Å². The van der Waals surface area contributed by atoms with E-state index in [0.717, 1.165) is 0 Å². The second-order valence-electron chi connectivity index (χ2n) is 4.14. The Kier molecular flexibility index (Phi) is 9.76. The van der Waals surface area contributed by atoms with Crippen LogP contribution in [-0.4, -0.2) is 77.6 Å². The molecule has 20 heavy (non-hydrogen) atoms. The summed E-state index contributed by atoms with van der Waals surface area (Å²) in [6.45, 7) is 3.93. The van der Waals surface area contributed by atoms with Crippen molar-refractivity contribution in [1.82, 2.24) is 16.0 Å². The van der Waals surface area contributed by atoms with Crippen molar-refractivity contribution in [3.05, 3.63) is 0 Å². The molecule has 2 amide bonds. The molecule has 1 aliphatic rings. The van der Waals surface area contributed by atoms with Gasteiger partial charge < -0.3 is 24.8 Å². The molecule has 0 aromatic carbocycles. The number of hydrogen-bond acceptors (Lipinski definition) is 6. The van der Waals surface area contributed by atoms with Gasteiger partial charge in [-0.2, -0.15) is 0 Å². The maximum atomic E-state index is 11.4. The van der Waals surface area contributed by atoms with Gasteiger partial charge in [-0.3, -0.25) is 14.9 Å². The highest BCUT2D eigenvalue weighted by Crippen LogP contribution is 1.81. The minimum atomic E-state index is -0.165. The Morgan fingerprint density at radius 3 is 1.50 bits per heavy atom. The Morgan fingerprint density at radius 2 is 1.05 bits per heavy atom. The van der Waals surface area contributed by atoms with Crippen molar-refractivity contribution >= 4 is 11.8 Å². The van der Waals surface area contributed by atoms with E-state index in [4.69, 9.17) is 14.2 Å². The van der Waals surface area contributed by atoms with Crippen LogP contribution in [0.1, 0.15) is 0 Å². The Balaban J connectivity index is 2.20. The molecule has 8 nitrogen and oxygen atoms in total. The Morgan fingerprint density at radius 1 is 0.650 bits per heavy atom. The van der Waals surface area contributed by atoms with Crippen LogP contribution in [0.25, 0.3) is 0 Å². The van der Waals surface area contributed by atoms with Crippen LogP contribution in [0.15, 0.2) is 0 Å². The first-order valence-electron chi connectivity index (χ1n) is 6.76. The van der Waals surface area contributed by atoms with Crippen molar-refractivity contribution in [2.75, 3.05) is 65.8 Å². The molecule has 0 aliphatic carbocycles. The predicted molar refractivity (Wildman–Crippen MR) is 71.3 cm³/mol. The molecule has 1 aliphatic heterocycles. The van der Waals surface area contributed by atoms with E-state index in [-0.39, 0.29) is 24.9 Å². The van der Waals surface area contributed by atoms with Crippen LogP contribution in [0, 0.1) is 0 Å². The molecule has 0 unspecified atom stereocenters. The van der Waals surface area contributed by atoms with Gasteiger partial charge in [-0.15, -0.1) is 0 Å². The second kappa shape index (κ2) is 11.6. The highest BCUT2D eigenvalue weighted by atomic mass is 16.5. The van der Waals surface area contributed by atoms with E-state index in [0.29, 0.717) is 52.7 Å². The molecule has 1 rings (SSSR count). The lowest BCUT2D eigenvalue weighted by molar-refractivity contribution is -0.121. The zero-order valence-electron chi connectivity index (χ0n) is 11.6. The summed E-state index contributed by atoms with van der Waals surface area (Å²) in [5.41, 5.74) is 0. The molecule has 1 heterocycles. The van der Waals surface area contributed by atoms with Gasteiger partial charge in [0.25, 0.3) is 0 Å². The maximum absolute atomic E-state index is 11.4. The molecule has 0 aromatic rings. The lowest BCUT2D eigenvalue weighted by Crippen LogP contribution is -2.41. The quantitative estimate of drug-likeness (QED) is 0.471. The molecule has 1 fully saturated rings. The van der Waals surface area contributed by atoms with Crippen LogP contribution in [0.3, 0.4) is 0 Å². The molecule has 0 radical (unpaired) electrons. The van der Waals surface area contributed by atoms with Crippen molar-refractivity contribution in [3.63, 3.8) is 0 Å². The summed E-state index contributed by atoms with van der Waals surface area (Å²) in [4.78, 5) is 22.8. The first-order chi connectivity index (χ1) is 9.79. The van der Waals surface area contributed by atoms with E-state index < -0.39 is 0 Å². The molecule has 116 valence electrons. The SMILES string of the molecule is O=C1CNCC(=O)NCCOCCOCCOCCN1. The van der Waals surface area contributed by atoms with Gasteiger partial charge in [-0.05, 0) is 0 Å². The second-order valence-corrected chi connectivity index (χ2v) is 4.14. The van der Waals surface area contributed by atoms with Gasteiger partial charge in [-0.1, -0.05) is 0 Å². The average molecular weight is 289 g/mol. The summed E-state index contributed by atoms with van der Waals surface area (Å²) < 4.78 is 15.8. The van der Waals surface area contributed by atoms with Crippen LogP contribution in [-0.2, 0) is 23.8 Å². The standard InChI is InChI=1S/C12H23N3O5/c16-11-9-13-10-12(17)15-2-4-19-6-8-20-7-5-18-3-1-14-11/h13H,1-10H2,(H,14,16)(H,15,17). The van der Waals surface area contributed by atoms with E-state index in [1.807, 2.05) is 0 Å². The Hall–Kier alpha value is -1.22. The fourth-order valence-corrected chi connectivity index (χ4v) is 1.48. The minimum absolute atomic E-state index is 0.104.